The van der Waals surface area contributed by atoms with E-state index in [-0.39, 0.29) is 12.0 Å². The maximum Gasteiger partial charge on any atom is 0.338 e. The number of anilines is 1. The molecule has 5 nitrogen and oxygen atoms in total. The number of fused-ring (bicyclic) bond motifs is 1. The molecule has 0 N–H and O–H groups in total. The zero-order valence-corrected chi connectivity index (χ0v) is 15.4. The fourth-order valence-corrected chi connectivity index (χ4v) is 4.16. The van der Waals surface area contributed by atoms with Crippen molar-refractivity contribution in [3.05, 3.63) is 41.1 Å². The molecule has 2 aliphatic rings. The molecular weight excluding hydrogens is 322 g/mol. The topological polar surface area (TPSA) is 45.1 Å². The molecule has 2 aliphatic heterocycles. The number of methoxy groups -OCH3 is 1. The number of benzene rings is 1. The second kappa shape index (κ2) is 6.89. The largest absolute Gasteiger partial charge is 0.466 e. The number of amidine groups is 1. The molecule has 0 saturated carbocycles. The first-order valence-corrected chi connectivity index (χ1v) is 9.06. The van der Waals surface area contributed by atoms with Gasteiger partial charge in [-0.15, -0.1) is 0 Å². The van der Waals surface area contributed by atoms with E-state index < -0.39 is 0 Å². The standard InChI is InChI=1S/C18H23N3O2S/c1-12-15(17(22)23-4)16(21-10-5-11-24-18(21)19-12)13-6-8-14(9-7-13)20(2)3/h6-9,16H,5,10-11H2,1-4H3/t16-/m1/s1. The van der Waals surface area contributed by atoms with Gasteiger partial charge in [0, 0.05) is 32.1 Å². The molecule has 2 heterocycles. The molecule has 0 radical (unpaired) electrons. The van der Waals surface area contributed by atoms with Crippen LogP contribution in [0.5, 0.6) is 0 Å². The van der Waals surface area contributed by atoms with Gasteiger partial charge < -0.3 is 14.5 Å². The molecule has 0 bridgehead atoms. The Labute approximate surface area is 147 Å². The molecule has 1 atom stereocenters. The number of rotatable bonds is 3. The number of aliphatic imine (C=N–C) groups is 1. The summed E-state index contributed by atoms with van der Waals surface area (Å²) in [7, 11) is 5.47. The summed E-state index contributed by atoms with van der Waals surface area (Å²) in [6.07, 6.45) is 1.09. The molecule has 0 aromatic heterocycles. The Morgan fingerprint density at radius 3 is 2.67 bits per heavy atom. The minimum absolute atomic E-state index is 0.131. The van der Waals surface area contributed by atoms with Gasteiger partial charge in [0.1, 0.15) is 0 Å². The predicted molar refractivity (Wildman–Crippen MR) is 99.4 cm³/mol. The van der Waals surface area contributed by atoms with Crippen molar-refractivity contribution in [1.82, 2.24) is 4.90 Å². The average molecular weight is 345 g/mol. The fraction of sp³-hybridized carbons (Fsp3) is 0.444. The molecule has 128 valence electrons. The highest BCUT2D eigenvalue weighted by atomic mass is 32.2. The normalized spacial score (nSPS) is 20.4. The van der Waals surface area contributed by atoms with Gasteiger partial charge in [-0.1, -0.05) is 23.9 Å². The van der Waals surface area contributed by atoms with Crippen molar-refractivity contribution in [2.24, 2.45) is 4.99 Å². The summed E-state index contributed by atoms with van der Waals surface area (Å²) in [6.45, 7) is 2.80. The summed E-state index contributed by atoms with van der Waals surface area (Å²) in [6, 6.07) is 8.23. The third-order valence-electron chi connectivity index (χ3n) is 4.39. The third kappa shape index (κ3) is 3.02. The molecule has 3 rings (SSSR count). The first kappa shape index (κ1) is 16.9. The van der Waals surface area contributed by atoms with Gasteiger partial charge >= 0.3 is 5.97 Å². The van der Waals surface area contributed by atoms with Crippen LogP contribution in [-0.4, -0.2) is 49.5 Å². The van der Waals surface area contributed by atoms with Crippen molar-refractivity contribution < 1.29 is 9.53 Å². The molecular formula is C18H23N3O2S. The van der Waals surface area contributed by atoms with Crippen LogP contribution in [0.2, 0.25) is 0 Å². The van der Waals surface area contributed by atoms with Crippen LogP contribution in [0.4, 0.5) is 5.69 Å². The highest BCUT2D eigenvalue weighted by Gasteiger charge is 2.37. The Morgan fingerprint density at radius 2 is 2.04 bits per heavy atom. The molecule has 1 fully saturated rings. The summed E-state index contributed by atoms with van der Waals surface area (Å²) in [4.78, 5) is 21.4. The van der Waals surface area contributed by atoms with Crippen LogP contribution >= 0.6 is 11.8 Å². The van der Waals surface area contributed by atoms with E-state index in [0.29, 0.717) is 5.57 Å². The van der Waals surface area contributed by atoms with E-state index in [1.807, 2.05) is 21.0 Å². The number of thioether (sulfide) groups is 1. The Hall–Kier alpha value is -1.95. The van der Waals surface area contributed by atoms with Gasteiger partial charge in [-0.2, -0.15) is 0 Å². The quantitative estimate of drug-likeness (QED) is 0.788. The van der Waals surface area contributed by atoms with Crippen molar-refractivity contribution in [3.63, 3.8) is 0 Å². The zero-order valence-electron chi connectivity index (χ0n) is 14.6. The maximum absolute atomic E-state index is 12.4. The second-order valence-electron chi connectivity index (χ2n) is 6.17. The summed E-state index contributed by atoms with van der Waals surface area (Å²) < 4.78 is 5.05. The lowest BCUT2D eigenvalue weighted by molar-refractivity contribution is -0.136. The number of hydrogen-bond donors (Lipinski definition) is 0. The molecule has 1 aromatic rings. The number of hydrogen-bond acceptors (Lipinski definition) is 6. The molecule has 0 unspecified atom stereocenters. The number of esters is 1. The number of allylic oxidation sites excluding steroid dienone is 1. The van der Waals surface area contributed by atoms with Crippen molar-refractivity contribution in [2.45, 2.75) is 19.4 Å². The highest BCUT2D eigenvalue weighted by Crippen LogP contribution is 2.40. The second-order valence-corrected chi connectivity index (χ2v) is 7.23. The molecule has 0 aliphatic carbocycles. The fourth-order valence-electron chi connectivity index (χ4n) is 3.14. The first-order valence-electron chi connectivity index (χ1n) is 8.07. The molecule has 1 saturated heterocycles. The SMILES string of the molecule is COC(=O)C1=C(C)N=C2SCCCN2[C@@H]1c1ccc(N(C)C)cc1. The van der Waals surface area contributed by atoms with E-state index in [2.05, 4.69) is 39.1 Å². The lowest BCUT2D eigenvalue weighted by atomic mass is 9.94. The summed E-state index contributed by atoms with van der Waals surface area (Å²) in [5.74, 6) is 0.773. The smallest absolute Gasteiger partial charge is 0.338 e. The van der Waals surface area contributed by atoms with Crippen LogP contribution in [-0.2, 0) is 9.53 Å². The van der Waals surface area contributed by atoms with Gasteiger partial charge in [-0.05, 0) is 31.0 Å². The summed E-state index contributed by atoms with van der Waals surface area (Å²) >= 11 is 1.76. The van der Waals surface area contributed by atoms with Crippen LogP contribution in [0.1, 0.15) is 24.9 Å². The van der Waals surface area contributed by atoms with Gasteiger partial charge in [0.25, 0.3) is 0 Å². The number of nitrogens with zero attached hydrogens (tertiary/aromatic N) is 3. The highest BCUT2D eigenvalue weighted by molar-refractivity contribution is 8.13. The Balaban J connectivity index is 2.06. The van der Waals surface area contributed by atoms with Crippen LogP contribution < -0.4 is 4.90 Å². The van der Waals surface area contributed by atoms with Crippen molar-refractivity contribution in [1.29, 1.82) is 0 Å². The van der Waals surface area contributed by atoms with Gasteiger partial charge in [-0.3, -0.25) is 0 Å². The third-order valence-corrected chi connectivity index (χ3v) is 5.47. The van der Waals surface area contributed by atoms with Crippen molar-refractivity contribution >= 4 is 28.6 Å². The van der Waals surface area contributed by atoms with Gasteiger partial charge in [0.05, 0.1) is 24.4 Å². The van der Waals surface area contributed by atoms with E-state index in [9.17, 15) is 4.79 Å². The van der Waals surface area contributed by atoms with E-state index in [4.69, 9.17) is 4.74 Å². The lowest BCUT2D eigenvalue weighted by Gasteiger charge is -2.40. The number of carbonyl (C=O) groups excluding carboxylic acids is 1. The summed E-state index contributed by atoms with van der Waals surface area (Å²) in [5.41, 5.74) is 3.62. The minimum Gasteiger partial charge on any atom is -0.466 e. The average Bonchev–Trinajstić information content (AvgIpc) is 2.60. The molecule has 0 amide bonds. The van der Waals surface area contributed by atoms with Crippen LogP contribution in [0.3, 0.4) is 0 Å². The molecule has 24 heavy (non-hydrogen) atoms. The Morgan fingerprint density at radius 1 is 1.33 bits per heavy atom. The zero-order chi connectivity index (χ0) is 17.3. The predicted octanol–water partition coefficient (Wildman–Crippen LogP) is 3.05. The monoisotopic (exact) mass is 345 g/mol. The number of carbonyl (C=O) groups is 1. The molecule has 0 spiro atoms. The van der Waals surface area contributed by atoms with Gasteiger partial charge in [-0.25, -0.2) is 9.79 Å². The lowest BCUT2D eigenvalue weighted by Crippen LogP contribution is -2.42. The molecule has 1 aromatic carbocycles. The Kier molecular flexibility index (Phi) is 4.85. The van der Waals surface area contributed by atoms with Gasteiger partial charge in [0.15, 0.2) is 5.17 Å². The van der Waals surface area contributed by atoms with Crippen molar-refractivity contribution in [2.75, 3.05) is 38.4 Å². The van der Waals surface area contributed by atoms with Gasteiger partial charge in [0.2, 0.25) is 0 Å². The minimum atomic E-state index is -0.299. The van der Waals surface area contributed by atoms with Crippen molar-refractivity contribution in [3.8, 4) is 0 Å². The summed E-state index contributed by atoms with van der Waals surface area (Å²) in [5, 5.41) is 1.01. The molecule has 6 heteroatoms. The van der Waals surface area contributed by atoms with E-state index in [1.54, 1.807) is 11.8 Å². The van der Waals surface area contributed by atoms with Crippen LogP contribution in [0, 0.1) is 0 Å². The maximum atomic E-state index is 12.4. The van der Waals surface area contributed by atoms with E-state index in [0.717, 1.165) is 40.8 Å². The number of ether oxygens (including phenoxy) is 1. The van der Waals surface area contributed by atoms with Crippen LogP contribution in [0.25, 0.3) is 0 Å². The first-order chi connectivity index (χ1) is 11.5. The van der Waals surface area contributed by atoms with E-state index in [1.165, 1.54) is 7.11 Å². The Bertz CT molecular complexity index is 695. The van der Waals surface area contributed by atoms with E-state index >= 15 is 0 Å². The van der Waals surface area contributed by atoms with Crippen LogP contribution in [0.15, 0.2) is 40.5 Å².